The Morgan fingerprint density at radius 1 is 1.00 bits per heavy atom. The van der Waals surface area contributed by atoms with Gasteiger partial charge in [0, 0.05) is 18.7 Å². The molecule has 1 aliphatic carbocycles. The minimum atomic E-state index is -2.74. The SMILES string of the molecule is COc1cc(-n2cnc(Nc3nc(N4CC(F)(F)C4)nc4c3cnn4CC3CCCCC3)c2)cc(OC)c1OC. The Labute approximate surface area is 230 Å². The Morgan fingerprint density at radius 2 is 1.73 bits per heavy atom. The summed E-state index contributed by atoms with van der Waals surface area (Å²) in [5.41, 5.74) is 1.36. The van der Waals surface area contributed by atoms with Gasteiger partial charge in [-0.05, 0) is 18.8 Å². The molecule has 2 fully saturated rings. The summed E-state index contributed by atoms with van der Waals surface area (Å²) in [7, 11) is 4.67. The summed E-state index contributed by atoms with van der Waals surface area (Å²) in [6, 6.07) is 3.63. The molecule has 6 rings (SSSR count). The summed E-state index contributed by atoms with van der Waals surface area (Å²) in [5, 5.41) is 8.58. The van der Waals surface area contributed by atoms with Gasteiger partial charge in [0.1, 0.15) is 18.0 Å². The highest BCUT2D eigenvalue weighted by Gasteiger charge is 2.45. The first-order chi connectivity index (χ1) is 19.4. The van der Waals surface area contributed by atoms with Crippen LogP contribution in [0.15, 0.2) is 30.9 Å². The van der Waals surface area contributed by atoms with Crippen molar-refractivity contribution in [1.29, 1.82) is 0 Å². The molecule has 2 aliphatic rings. The highest BCUT2D eigenvalue weighted by atomic mass is 19.3. The van der Waals surface area contributed by atoms with Gasteiger partial charge in [0.05, 0.1) is 57.9 Å². The van der Waals surface area contributed by atoms with E-state index in [4.69, 9.17) is 14.2 Å². The van der Waals surface area contributed by atoms with Crippen LogP contribution in [0.2, 0.25) is 0 Å². The molecule has 0 atom stereocenters. The van der Waals surface area contributed by atoms with E-state index in [0.717, 1.165) is 25.1 Å². The number of benzene rings is 1. The first-order valence-electron chi connectivity index (χ1n) is 13.3. The topological polar surface area (TPSA) is 104 Å². The molecule has 1 aromatic carbocycles. The van der Waals surface area contributed by atoms with Crippen molar-refractivity contribution in [2.45, 2.75) is 44.6 Å². The summed E-state index contributed by atoms with van der Waals surface area (Å²) >= 11 is 0. The van der Waals surface area contributed by atoms with Crippen molar-refractivity contribution >= 4 is 28.6 Å². The predicted molar refractivity (Wildman–Crippen MR) is 146 cm³/mol. The van der Waals surface area contributed by atoms with Gasteiger partial charge in [-0.2, -0.15) is 15.1 Å². The average molecular weight is 555 g/mol. The van der Waals surface area contributed by atoms with E-state index in [1.54, 1.807) is 44.6 Å². The Kier molecular flexibility index (Phi) is 6.80. The lowest BCUT2D eigenvalue weighted by Gasteiger charge is -2.38. The third-order valence-corrected chi connectivity index (χ3v) is 7.54. The molecule has 11 nitrogen and oxygen atoms in total. The van der Waals surface area contributed by atoms with Crippen molar-refractivity contribution in [2.24, 2.45) is 5.92 Å². The second-order valence-electron chi connectivity index (χ2n) is 10.3. The molecule has 3 aromatic heterocycles. The van der Waals surface area contributed by atoms with Crippen LogP contribution in [-0.2, 0) is 6.54 Å². The van der Waals surface area contributed by atoms with Crippen molar-refractivity contribution in [3.63, 3.8) is 0 Å². The number of fused-ring (bicyclic) bond motifs is 1. The van der Waals surface area contributed by atoms with Gasteiger partial charge in [0.25, 0.3) is 5.92 Å². The van der Waals surface area contributed by atoms with Crippen LogP contribution in [0.5, 0.6) is 17.2 Å². The highest BCUT2D eigenvalue weighted by molar-refractivity contribution is 5.89. The van der Waals surface area contributed by atoms with E-state index in [2.05, 4.69) is 25.4 Å². The first-order valence-corrected chi connectivity index (χ1v) is 13.3. The van der Waals surface area contributed by atoms with E-state index >= 15 is 0 Å². The molecule has 1 saturated heterocycles. The summed E-state index contributed by atoms with van der Waals surface area (Å²) in [6.07, 6.45) is 11.2. The van der Waals surface area contributed by atoms with E-state index in [1.165, 1.54) is 24.2 Å². The van der Waals surface area contributed by atoms with Crippen molar-refractivity contribution in [3.05, 3.63) is 30.9 Å². The zero-order valence-corrected chi connectivity index (χ0v) is 22.7. The molecule has 4 aromatic rings. The number of alkyl halides is 2. The molecule has 40 heavy (non-hydrogen) atoms. The third-order valence-electron chi connectivity index (χ3n) is 7.54. The van der Waals surface area contributed by atoms with Gasteiger partial charge in [-0.25, -0.2) is 18.4 Å². The molecular weight excluding hydrogens is 522 g/mol. The zero-order chi connectivity index (χ0) is 27.9. The number of hydrogen-bond donors (Lipinski definition) is 1. The number of nitrogens with zero attached hydrogens (tertiary/aromatic N) is 7. The Morgan fingerprint density at radius 3 is 2.38 bits per heavy atom. The maximum absolute atomic E-state index is 13.7. The molecule has 212 valence electrons. The average Bonchev–Trinajstić information content (AvgIpc) is 3.58. The fourth-order valence-electron chi connectivity index (χ4n) is 5.45. The lowest BCUT2D eigenvalue weighted by Crippen LogP contribution is -2.57. The molecule has 4 heterocycles. The third kappa shape index (κ3) is 4.95. The maximum atomic E-state index is 13.7. The number of ether oxygens (including phenoxy) is 3. The molecule has 0 amide bonds. The van der Waals surface area contributed by atoms with Gasteiger partial charge in [-0.3, -0.25) is 0 Å². The first kappa shape index (κ1) is 26.1. The van der Waals surface area contributed by atoms with Gasteiger partial charge in [0.15, 0.2) is 17.1 Å². The van der Waals surface area contributed by atoms with Crippen LogP contribution in [0.3, 0.4) is 0 Å². The van der Waals surface area contributed by atoms with E-state index in [9.17, 15) is 8.78 Å². The molecule has 1 N–H and O–H groups in total. The van der Waals surface area contributed by atoms with Crippen LogP contribution < -0.4 is 24.4 Å². The van der Waals surface area contributed by atoms with Crippen molar-refractivity contribution < 1.29 is 23.0 Å². The minimum absolute atomic E-state index is 0.246. The monoisotopic (exact) mass is 554 g/mol. The zero-order valence-electron chi connectivity index (χ0n) is 22.7. The lowest BCUT2D eigenvalue weighted by molar-refractivity contribution is -0.0271. The molecule has 0 unspecified atom stereocenters. The summed E-state index contributed by atoms with van der Waals surface area (Å²) < 4.78 is 47.5. The summed E-state index contributed by atoms with van der Waals surface area (Å²) in [6.45, 7) is -0.0831. The summed E-state index contributed by atoms with van der Waals surface area (Å²) in [4.78, 5) is 15.3. The van der Waals surface area contributed by atoms with E-state index in [-0.39, 0.29) is 5.95 Å². The number of nitrogens with one attached hydrogen (secondary N) is 1. The van der Waals surface area contributed by atoms with Crippen LogP contribution in [-0.4, -0.2) is 69.6 Å². The second-order valence-corrected chi connectivity index (χ2v) is 10.3. The number of imidazole rings is 1. The fourth-order valence-corrected chi connectivity index (χ4v) is 5.45. The number of aromatic nitrogens is 6. The normalized spacial score (nSPS) is 17.1. The second kappa shape index (κ2) is 10.4. The highest BCUT2D eigenvalue weighted by Crippen LogP contribution is 2.40. The molecule has 0 radical (unpaired) electrons. The smallest absolute Gasteiger partial charge is 0.282 e. The van der Waals surface area contributed by atoms with Gasteiger partial charge in [0.2, 0.25) is 11.7 Å². The summed E-state index contributed by atoms with van der Waals surface area (Å²) in [5.74, 6) is 0.509. The van der Waals surface area contributed by atoms with Crippen molar-refractivity contribution in [2.75, 3.05) is 44.6 Å². The van der Waals surface area contributed by atoms with Gasteiger partial charge in [-0.15, -0.1) is 0 Å². The molecule has 13 heteroatoms. The standard InChI is InChI=1S/C27H32F2N8O3/c1-38-20-9-18(10-21(39-2)23(20)40-3)35-13-22(30-16-35)32-24-19-11-31-37(12-17-7-5-4-6-8-17)25(19)34-26(33-24)36-14-27(28,29)15-36/h9-11,13,16-17H,4-8,12,14-15H2,1-3H3,(H,32,33,34). The predicted octanol–water partition coefficient (Wildman–Crippen LogP) is 4.82. The lowest BCUT2D eigenvalue weighted by atomic mass is 9.89. The van der Waals surface area contributed by atoms with Crippen LogP contribution >= 0.6 is 0 Å². The molecule has 1 saturated carbocycles. The van der Waals surface area contributed by atoms with Crippen molar-refractivity contribution in [1.82, 2.24) is 29.3 Å². The van der Waals surface area contributed by atoms with Crippen LogP contribution in [0.1, 0.15) is 32.1 Å². The maximum Gasteiger partial charge on any atom is 0.282 e. The molecular formula is C27H32F2N8O3. The number of anilines is 3. The van der Waals surface area contributed by atoms with Gasteiger partial charge in [-0.1, -0.05) is 19.3 Å². The van der Waals surface area contributed by atoms with Crippen LogP contribution in [0.4, 0.5) is 26.4 Å². The van der Waals surface area contributed by atoms with Crippen molar-refractivity contribution in [3.8, 4) is 22.9 Å². The Balaban J connectivity index is 1.33. The van der Waals surface area contributed by atoms with Gasteiger partial charge < -0.3 is 29.0 Å². The quantitative estimate of drug-likeness (QED) is 0.312. The largest absolute Gasteiger partial charge is 0.493 e. The molecule has 1 aliphatic heterocycles. The number of hydrogen-bond acceptors (Lipinski definition) is 9. The molecule has 0 bridgehead atoms. The Hall–Kier alpha value is -4.16. The molecule has 0 spiro atoms. The van der Waals surface area contributed by atoms with E-state index in [0.29, 0.717) is 45.8 Å². The number of methoxy groups -OCH3 is 3. The number of halogens is 2. The van der Waals surface area contributed by atoms with E-state index < -0.39 is 19.0 Å². The van der Waals surface area contributed by atoms with Crippen LogP contribution in [0, 0.1) is 5.92 Å². The van der Waals surface area contributed by atoms with Gasteiger partial charge >= 0.3 is 0 Å². The Bertz CT molecular complexity index is 1480. The minimum Gasteiger partial charge on any atom is -0.493 e. The fraction of sp³-hybridized carbons (Fsp3) is 0.481. The van der Waals surface area contributed by atoms with E-state index in [1.807, 2.05) is 16.8 Å². The van der Waals surface area contributed by atoms with Crippen LogP contribution in [0.25, 0.3) is 16.7 Å². The number of rotatable bonds is 9.